The minimum Gasteiger partial charge on any atom is -0.338 e. The van der Waals surface area contributed by atoms with Crippen LogP contribution in [0.2, 0.25) is 0 Å². The van der Waals surface area contributed by atoms with E-state index in [4.69, 9.17) is 5.10 Å². The molecule has 3 saturated heterocycles. The van der Waals surface area contributed by atoms with E-state index in [0.717, 1.165) is 69.9 Å². The van der Waals surface area contributed by atoms with Crippen molar-refractivity contribution in [1.29, 1.82) is 0 Å². The normalized spacial score (nSPS) is 22.7. The fraction of sp³-hybridized carbons (Fsp3) is 0.645. The summed E-state index contributed by atoms with van der Waals surface area (Å²) in [4.78, 5) is 32.5. The van der Waals surface area contributed by atoms with Gasteiger partial charge in [-0.15, -0.1) is 0 Å². The van der Waals surface area contributed by atoms with Crippen LogP contribution in [0.25, 0.3) is 0 Å². The molecular weight excluding hydrogens is 545 g/mol. The van der Waals surface area contributed by atoms with E-state index in [-0.39, 0.29) is 41.9 Å². The molecule has 228 valence electrons. The molecule has 42 heavy (non-hydrogen) atoms. The van der Waals surface area contributed by atoms with Gasteiger partial charge in [0.1, 0.15) is 0 Å². The van der Waals surface area contributed by atoms with E-state index in [1.54, 1.807) is 17.2 Å². The van der Waals surface area contributed by atoms with Gasteiger partial charge in [-0.2, -0.15) is 18.3 Å². The maximum absolute atomic E-state index is 13.7. The first-order chi connectivity index (χ1) is 20.2. The van der Waals surface area contributed by atoms with Gasteiger partial charge < -0.3 is 20.0 Å². The summed E-state index contributed by atoms with van der Waals surface area (Å²) in [6, 6.07) is 6.45. The molecule has 1 atom stereocenters. The standard InChI is InChI=1S/C31H41F3N6O2/c1-2-35-23-10-15-37(16-11-23)30(42)38-17-12-24(13-18-38)40-28(21-7-8-21)26(19-36-40)29(41)39-14-9-22(20-39)25-5-3-4-6-27(25)31(32,33)34/h3-6,19,21-24,35H,2,7-18,20H2,1H3/t22-/m1/s1. The first-order valence-corrected chi connectivity index (χ1v) is 15.5. The SMILES string of the molecule is CCNC1CCN(C(=O)N2CCC(n3ncc(C(=O)N4CC[C@@H](c5ccccc5C(F)(F)F)C4)c3C3CC3)CC2)CC1. The molecule has 1 aromatic heterocycles. The lowest BCUT2D eigenvalue weighted by atomic mass is 9.93. The number of alkyl halides is 3. The molecule has 11 heteroatoms. The number of aromatic nitrogens is 2. The number of halogens is 3. The lowest BCUT2D eigenvalue weighted by Crippen LogP contribution is -2.51. The van der Waals surface area contributed by atoms with Crippen molar-refractivity contribution in [2.75, 3.05) is 45.8 Å². The Morgan fingerprint density at radius 1 is 0.881 bits per heavy atom. The van der Waals surface area contributed by atoms with Crippen LogP contribution >= 0.6 is 0 Å². The molecule has 1 aliphatic carbocycles. The van der Waals surface area contributed by atoms with E-state index in [9.17, 15) is 22.8 Å². The predicted octanol–water partition coefficient (Wildman–Crippen LogP) is 5.24. The average Bonchev–Trinajstić information content (AvgIpc) is 3.54. The van der Waals surface area contributed by atoms with Crippen LogP contribution < -0.4 is 5.32 Å². The van der Waals surface area contributed by atoms with E-state index in [1.807, 2.05) is 14.5 Å². The topological polar surface area (TPSA) is 73.7 Å². The Morgan fingerprint density at radius 3 is 2.17 bits per heavy atom. The van der Waals surface area contributed by atoms with Gasteiger partial charge in [0.25, 0.3) is 5.91 Å². The van der Waals surface area contributed by atoms with Crippen LogP contribution in [0.4, 0.5) is 18.0 Å². The number of piperidine rings is 2. The summed E-state index contributed by atoms with van der Waals surface area (Å²) < 4.78 is 42.9. The molecule has 1 saturated carbocycles. The van der Waals surface area contributed by atoms with Crippen LogP contribution in [0, 0.1) is 0 Å². The highest BCUT2D eigenvalue weighted by molar-refractivity contribution is 5.95. The van der Waals surface area contributed by atoms with Crippen molar-refractivity contribution in [3.05, 3.63) is 52.8 Å². The molecule has 6 rings (SSSR count). The highest BCUT2D eigenvalue weighted by Crippen LogP contribution is 2.44. The van der Waals surface area contributed by atoms with Crippen molar-refractivity contribution in [3.63, 3.8) is 0 Å². The fourth-order valence-corrected chi connectivity index (χ4v) is 7.14. The van der Waals surface area contributed by atoms with E-state index < -0.39 is 11.7 Å². The van der Waals surface area contributed by atoms with Gasteiger partial charge in [0, 0.05) is 57.1 Å². The number of amides is 3. The number of benzene rings is 1. The molecule has 0 bridgehead atoms. The van der Waals surface area contributed by atoms with E-state index >= 15 is 0 Å². The van der Waals surface area contributed by atoms with Gasteiger partial charge in [0.15, 0.2) is 0 Å². The zero-order valence-corrected chi connectivity index (χ0v) is 24.3. The molecule has 8 nitrogen and oxygen atoms in total. The number of rotatable bonds is 6. The second-order valence-electron chi connectivity index (χ2n) is 12.3. The molecule has 1 N–H and O–H groups in total. The van der Waals surface area contributed by atoms with Crippen molar-refractivity contribution in [3.8, 4) is 0 Å². The summed E-state index contributed by atoms with van der Waals surface area (Å²) in [6.07, 6.45) is 3.31. The van der Waals surface area contributed by atoms with Gasteiger partial charge in [-0.3, -0.25) is 9.48 Å². The number of likely N-dealkylation sites (tertiary alicyclic amines) is 3. The lowest BCUT2D eigenvalue weighted by molar-refractivity contribution is -0.138. The molecule has 4 fully saturated rings. The first kappa shape index (κ1) is 29.0. The molecule has 3 amide bonds. The minimum atomic E-state index is -4.42. The lowest BCUT2D eigenvalue weighted by Gasteiger charge is -2.39. The molecule has 0 spiro atoms. The van der Waals surface area contributed by atoms with E-state index in [1.165, 1.54) is 12.1 Å². The largest absolute Gasteiger partial charge is 0.416 e. The maximum atomic E-state index is 13.7. The van der Waals surface area contributed by atoms with Crippen molar-refractivity contribution in [2.24, 2.45) is 0 Å². The number of urea groups is 1. The van der Waals surface area contributed by atoms with Crippen molar-refractivity contribution in [1.82, 2.24) is 29.8 Å². The molecule has 0 radical (unpaired) electrons. The minimum absolute atomic E-state index is 0.121. The molecule has 4 aliphatic rings. The van der Waals surface area contributed by atoms with Crippen LogP contribution in [-0.4, -0.2) is 88.3 Å². The Kier molecular flexibility index (Phi) is 8.22. The monoisotopic (exact) mass is 586 g/mol. The van der Waals surface area contributed by atoms with E-state index in [0.29, 0.717) is 37.7 Å². The van der Waals surface area contributed by atoms with Crippen LogP contribution in [-0.2, 0) is 6.18 Å². The third kappa shape index (κ3) is 5.89. The number of nitrogens with zero attached hydrogens (tertiary/aromatic N) is 5. The summed E-state index contributed by atoms with van der Waals surface area (Å²) in [5.74, 6) is -0.195. The second-order valence-corrected chi connectivity index (χ2v) is 12.3. The zero-order chi connectivity index (χ0) is 29.4. The molecular formula is C31H41F3N6O2. The van der Waals surface area contributed by atoms with Crippen LogP contribution in [0.15, 0.2) is 30.5 Å². The third-order valence-corrected chi connectivity index (χ3v) is 9.55. The highest BCUT2D eigenvalue weighted by Gasteiger charge is 2.40. The highest BCUT2D eigenvalue weighted by atomic mass is 19.4. The number of hydrogen-bond acceptors (Lipinski definition) is 4. The Balaban J connectivity index is 1.10. The summed E-state index contributed by atoms with van der Waals surface area (Å²) in [6.45, 7) is 6.65. The average molecular weight is 587 g/mol. The fourth-order valence-electron chi connectivity index (χ4n) is 7.14. The smallest absolute Gasteiger partial charge is 0.338 e. The van der Waals surface area contributed by atoms with E-state index in [2.05, 4.69) is 12.2 Å². The number of carbonyl (C=O) groups excluding carboxylic acids is 2. The molecule has 2 aromatic rings. The van der Waals surface area contributed by atoms with Crippen LogP contribution in [0.5, 0.6) is 0 Å². The molecule has 0 unspecified atom stereocenters. The summed E-state index contributed by atoms with van der Waals surface area (Å²) in [7, 11) is 0. The van der Waals surface area contributed by atoms with Crippen molar-refractivity contribution >= 4 is 11.9 Å². The first-order valence-electron chi connectivity index (χ1n) is 15.5. The summed E-state index contributed by atoms with van der Waals surface area (Å²) >= 11 is 0. The Hall–Kier alpha value is -3.08. The summed E-state index contributed by atoms with van der Waals surface area (Å²) in [5, 5.41) is 8.18. The Bertz CT molecular complexity index is 1280. The van der Waals surface area contributed by atoms with Crippen molar-refractivity contribution in [2.45, 2.75) is 82.0 Å². The van der Waals surface area contributed by atoms with Gasteiger partial charge in [-0.1, -0.05) is 25.1 Å². The number of carbonyl (C=O) groups is 2. The summed E-state index contributed by atoms with van der Waals surface area (Å²) in [5.41, 5.74) is 1.21. The van der Waals surface area contributed by atoms with Gasteiger partial charge in [0.2, 0.25) is 0 Å². The number of nitrogens with one attached hydrogen (secondary N) is 1. The van der Waals surface area contributed by atoms with Gasteiger partial charge in [-0.05, 0) is 63.1 Å². The molecule has 3 aliphatic heterocycles. The quantitative estimate of drug-likeness (QED) is 0.503. The van der Waals surface area contributed by atoms with Crippen LogP contribution in [0.1, 0.15) is 96.9 Å². The zero-order valence-electron chi connectivity index (χ0n) is 24.3. The predicted molar refractivity (Wildman–Crippen MR) is 152 cm³/mol. The molecule has 4 heterocycles. The van der Waals surface area contributed by atoms with Crippen LogP contribution in [0.3, 0.4) is 0 Å². The Morgan fingerprint density at radius 2 is 1.52 bits per heavy atom. The van der Waals surface area contributed by atoms with Crippen molar-refractivity contribution < 1.29 is 22.8 Å². The van der Waals surface area contributed by atoms with Gasteiger partial charge >= 0.3 is 12.2 Å². The van der Waals surface area contributed by atoms with Gasteiger partial charge in [-0.25, -0.2) is 4.79 Å². The third-order valence-electron chi connectivity index (χ3n) is 9.55. The second kappa shape index (κ2) is 11.9. The maximum Gasteiger partial charge on any atom is 0.416 e. The number of hydrogen-bond donors (Lipinski definition) is 1. The Labute approximate surface area is 245 Å². The molecule has 1 aromatic carbocycles. The van der Waals surface area contributed by atoms with Gasteiger partial charge in [0.05, 0.1) is 29.1 Å².